The molecule has 12 rings (SSSR count). The van der Waals surface area contributed by atoms with Crippen molar-refractivity contribution in [2.24, 2.45) is 0 Å². The first-order chi connectivity index (χ1) is 37.6. The molecule has 3 fully saturated rings. The molecule has 402 valence electrons. The Labute approximate surface area is 452 Å². The lowest BCUT2D eigenvalue weighted by Crippen LogP contribution is -2.37. The van der Waals surface area contributed by atoms with Crippen molar-refractivity contribution in [1.82, 2.24) is 59.8 Å². The number of nitrogens with two attached hydrogens (primary N) is 3. The molecule has 9 aromatic rings. The minimum absolute atomic E-state index is 0.0631. The third-order valence-corrected chi connectivity index (χ3v) is 13.7. The Hall–Kier alpha value is -7.81. The predicted octanol–water partition coefficient (Wildman–Crippen LogP) is 5.78. The van der Waals surface area contributed by atoms with Gasteiger partial charge in [0.15, 0.2) is 50.9 Å². The van der Waals surface area contributed by atoms with Crippen LogP contribution in [0.25, 0.3) is 67.3 Å². The van der Waals surface area contributed by atoms with Crippen molar-refractivity contribution in [2.45, 2.75) is 6.16 Å². The van der Waals surface area contributed by atoms with Gasteiger partial charge in [0.2, 0.25) is 17.8 Å². The fourth-order valence-corrected chi connectivity index (χ4v) is 9.52. The molecule has 3 saturated heterocycles. The molecule has 9 heterocycles. The summed E-state index contributed by atoms with van der Waals surface area (Å²) in [6, 6.07) is 15.8. The lowest BCUT2D eigenvalue weighted by atomic mass is 10.1. The van der Waals surface area contributed by atoms with Gasteiger partial charge in [-0.05, 0) is 29.8 Å². The summed E-state index contributed by atoms with van der Waals surface area (Å²) in [5.74, 6) is 0.725. The Morgan fingerprint density at radius 3 is 1.31 bits per heavy atom. The highest BCUT2D eigenvalue weighted by Crippen LogP contribution is 2.39. The summed E-state index contributed by atoms with van der Waals surface area (Å²) in [5.41, 5.74) is 23.3. The van der Waals surface area contributed by atoms with E-state index < -0.39 is 19.2 Å². The Bertz CT molecular complexity index is 3690. The molecular weight excluding hydrogens is 1080 g/mol. The highest BCUT2D eigenvalue weighted by Gasteiger charge is 2.24. The van der Waals surface area contributed by atoms with Crippen molar-refractivity contribution in [3.05, 3.63) is 106 Å². The van der Waals surface area contributed by atoms with Crippen LogP contribution in [-0.2, 0) is 24.9 Å². The maximum absolute atomic E-state index is 14.1. The number of aromatic nitrogens is 12. The third-order valence-electron chi connectivity index (χ3n) is 12.2. The second-order valence-corrected chi connectivity index (χ2v) is 20.0. The zero-order chi connectivity index (χ0) is 54.5. The lowest BCUT2D eigenvalue weighted by molar-refractivity contribution is 0.122. The van der Waals surface area contributed by atoms with E-state index in [1.54, 1.807) is 48.8 Å². The minimum Gasteiger partial charge on any atom is -0.378 e. The van der Waals surface area contributed by atoms with E-state index in [0.717, 1.165) is 11.1 Å². The van der Waals surface area contributed by atoms with Crippen LogP contribution >= 0.6 is 30.8 Å². The normalized spacial score (nSPS) is 15.0. The zero-order valence-corrected chi connectivity index (χ0v) is 43.5. The second-order valence-electron chi connectivity index (χ2n) is 17.5. The third kappa shape index (κ3) is 12.5. The number of fused-ring (bicyclic) bond motifs is 3. The molecule has 0 saturated carbocycles. The highest BCUT2D eigenvalue weighted by molar-refractivity contribution is 7.50. The number of ether oxygens (including phenoxy) is 3. The highest BCUT2D eigenvalue weighted by atomic mass is 35.5. The van der Waals surface area contributed by atoms with Crippen molar-refractivity contribution in [2.75, 3.05) is 111 Å². The molecule has 6 aromatic heterocycles. The van der Waals surface area contributed by atoms with E-state index in [1.165, 1.54) is 24.4 Å². The van der Waals surface area contributed by atoms with Gasteiger partial charge in [-0.3, -0.25) is 4.57 Å². The molecule has 29 heteroatoms. The number of nitrogen functional groups attached to an aromatic ring is 3. The summed E-state index contributed by atoms with van der Waals surface area (Å²) >= 11 is 12.1. The molecule has 0 amide bonds. The van der Waals surface area contributed by atoms with Crippen LogP contribution in [0.5, 0.6) is 0 Å². The van der Waals surface area contributed by atoms with Crippen LogP contribution in [0.3, 0.4) is 0 Å². The van der Waals surface area contributed by atoms with E-state index in [1.807, 2.05) is 15.9 Å². The number of anilines is 6. The number of halogens is 4. The van der Waals surface area contributed by atoms with Gasteiger partial charge in [-0.25, -0.2) is 38.7 Å². The Morgan fingerprint density at radius 2 is 0.897 bits per heavy atom. The van der Waals surface area contributed by atoms with E-state index in [4.69, 9.17) is 69.4 Å². The first-order valence-corrected chi connectivity index (χ1v) is 26.6. The molecule has 0 aliphatic carbocycles. The van der Waals surface area contributed by atoms with E-state index in [-0.39, 0.29) is 40.9 Å². The number of benzene rings is 3. The number of morpholine rings is 3. The average Bonchev–Trinajstić information content (AvgIpc) is 3.50. The van der Waals surface area contributed by atoms with Gasteiger partial charge < -0.3 is 55.9 Å². The zero-order valence-electron chi connectivity index (χ0n) is 41.1. The van der Waals surface area contributed by atoms with Crippen LogP contribution in [0.1, 0.15) is 5.56 Å². The molecule has 3 aromatic carbocycles. The maximum atomic E-state index is 14.1. The Morgan fingerprint density at radius 1 is 0.513 bits per heavy atom. The van der Waals surface area contributed by atoms with E-state index in [0.29, 0.717) is 151 Å². The van der Waals surface area contributed by atoms with E-state index in [9.17, 15) is 13.3 Å². The summed E-state index contributed by atoms with van der Waals surface area (Å²) in [5, 5.41) is 0.951. The van der Waals surface area contributed by atoms with Crippen LogP contribution in [0.15, 0.2) is 79.3 Å². The van der Waals surface area contributed by atoms with Crippen molar-refractivity contribution in [3.63, 3.8) is 0 Å². The average molecular weight is 1120 g/mol. The number of nitrogens with zero attached hydrogens (tertiary/aromatic N) is 15. The fraction of sp³-hybridized carbons (Fsp3) is 0.265. The van der Waals surface area contributed by atoms with Crippen LogP contribution < -0.4 is 31.9 Å². The Kier molecular flexibility index (Phi) is 16.1. The van der Waals surface area contributed by atoms with Crippen molar-refractivity contribution in [3.8, 4) is 33.8 Å². The van der Waals surface area contributed by atoms with Gasteiger partial charge in [-0.2, -0.15) is 29.9 Å². The van der Waals surface area contributed by atoms with Crippen LogP contribution in [0.4, 0.5) is 44.1 Å². The smallest absolute Gasteiger partial charge is 0.329 e. The summed E-state index contributed by atoms with van der Waals surface area (Å²) in [6.07, 6.45) is 4.21. The molecule has 78 heavy (non-hydrogen) atoms. The molecule has 3 aliphatic rings. The molecule has 0 unspecified atom stereocenters. The summed E-state index contributed by atoms with van der Waals surface area (Å²) < 4.78 is 55.4. The number of rotatable bonds is 8. The lowest BCUT2D eigenvalue weighted by Gasteiger charge is -2.28. The minimum atomic E-state index is -4.11. The summed E-state index contributed by atoms with van der Waals surface area (Å²) in [4.78, 5) is 76.4. The molecule has 0 radical (unpaired) electrons. The van der Waals surface area contributed by atoms with Gasteiger partial charge in [0.1, 0.15) is 11.6 Å². The molecule has 0 bridgehead atoms. The van der Waals surface area contributed by atoms with Crippen LogP contribution in [0.2, 0.25) is 10.0 Å². The number of hydrogen-bond donors (Lipinski definition) is 5. The van der Waals surface area contributed by atoms with Gasteiger partial charge in [-0.1, -0.05) is 59.6 Å². The SMILES string of the molecule is Nc1nc(N2CCOCC2)c2nc(-c3c(F)cccc3F)cnc2n1.Nc1nc(N2CCOCC2)c2nc(-c3ccc(CP(=O)(O)O)cc3)cnc2n1.Nc1nc(N2CCOCC2)c2nc(-c3ccc(Cl)c(Cl)c3)cnc2n1. The van der Waals surface area contributed by atoms with Gasteiger partial charge >= 0.3 is 7.60 Å². The quantitative estimate of drug-likeness (QED) is 0.113. The van der Waals surface area contributed by atoms with Crippen LogP contribution in [0, 0.1) is 11.6 Å². The van der Waals surface area contributed by atoms with Crippen LogP contribution in [-0.4, -0.2) is 149 Å². The molecule has 8 N–H and O–H groups in total. The maximum Gasteiger partial charge on any atom is 0.329 e. The Balaban J connectivity index is 0.000000133. The first-order valence-electron chi connectivity index (χ1n) is 24.1. The summed E-state index contributed by atoms with van der Waals surface area (Å²) in [6.45, 7) is 7.52. The van der Waals surface area contributed by atoms with E-state index >= 15 is 0 Å². The largest absolute Gasteiger partial charge is 0.378 e. The van der Waals surface area contributed by atoms with Crippen molar-refractivity contribution < 1.29 is 37.3 Å². The van der Waals surface area contributed by atoms with E-state index in [2.05, 4.69) is 59.7 Å². The topological polar surface area (TPSA) is 328 Å². The van der Waals surface area contributed by atoms with Gasteiger partial charge in [-0.15, -0.1) is 0 Å². The van der Waals surface area contributed by atoms with Crippen molar-refractivity contribution in [1.29, 1.82) is 0 Å². The number of hydrogen-bond acceptors (Lipinski definition) is 22. The molecule has 24 nitrogen and oxygen atoms in total. The predicted molar refractivity (Wildman–Crippen MR) is 290 cm³/mol. The molecule has 3 aliphatic heterocycles. The molecule has 0 atom stereocenters. The molecule has 0 spiro atoms. The van der Waals surface area contributed by atoms with Gasteiger partial charge in [0.25, 0.3) is 0 Å². The summed E-state index contributed by atoms with van der Waals surface area (Å²) in [7, 11) is -4.11. The molecular formula is C49H47Cl2F2N18O6P. The van der Waals surface area contributed by atoms with Crippen molar-refractivity contribution >= 4 is 99.6 Å². The van der Waals surface area contributed by atoms with Gasteiger partial charge in [0, 0.05) is 50.4 Å². The fourth-order valence-electron chi connectivity index (χ4n) is 8.53. The second kappa shape index (κ2) is 23.4. The monoisotopic (exact) mass is 1120 g/mol. The van der Waals surface area contributed by atoms with Gasteiger partial charge in [0.05, 0.1) is 97.1 Å². The first kappa shape index (κ1) is 53.6. The standard InChI is InChI=1S/C17H19N6O4P.C16H14Cl2N6O.C16H14F2N6O/c18-17-21-15-14(16(22-17)23-5-7-27-8-6-23)20-13(9-19-15)12-3-1-11(2-4-12)10-28(24,25)26;17-10-2-1-9(7-11(10)18)12-8-20-14-13(21-12)15(23-16(19)22-14)24-3-5-25-6-4-24;17-9-2-1-3-10(18)12(9)11-8-20-14-13(21-11)15(23-16(19)22-14)24-4-6-25-7-5-24/h1-4,9H,5-8,10H2,(H2,24,25,26)(H2,18,19,21,22);1-2,7-8H,3-6H2,(H2,19,20,22,23);1-3,8H,4-7H2,(H2,19,20,22,23).